The lowest BCUT2D eigenvalue weighted by molar-refractivity contribution is 0.0792. The van der Waals surface area contributed by atoms with Crippen LogP contribution in [-0.4, -0.2) is 40.3 Å². The molecule has 1 aliphatic rings. The van der Waals surface area contributed by atoms with Gasteiger partial charge in [-0.25, -0.2) is 4.98 Å². The van der Waals surface area contributed by atoms with Crippen molar-refractivity contribution in [3.8, 4) is 11.4 Å². The third-order valence-corrected chi connectivity index (χ3v) is 7.76. The number of fused-ring (bicyclic) bond motifs is 1. The van der Waals surface area contributed by atoms with Crippen molar-refractivity contribution >= 4 is 28.4 Å². The molecule has 220 valence electrons. The molecule has 43 heavy (non-hydrogen) atoms. The van der Waals surface area contributed by atoms with Gasteiger partial charge in [0.05, 0.1) is 28.7 Å². The van der Waals surface area contributed by atoms with Gasteiger partial charge in [0, 0.05) is 42.8 Å². The minimum Gasteiger partial charge on any atom is -0.470 e. The zero-order chi connectivity index (χ0) is 30.3. The SMILES string of the molecule is C/C1=C(\CCCN(C)C(=O)c2ccc(NC(=O)c3cc(-c4ccccn4)nc4c(C)cc(C)cc34)cc2)O/C=C/CCC1. The lowest BCUT2D eigenvalue weighted by Gasteiger charge is -2.19. The highest BCUT2D eigenvalue weighted by Gasteiger charge is 2.18. The van der Waals surface area contributed by atoms with Crippen molar-refractivity contribution in [1.29, 1.82) is 0 Å². The summed E-state index contributed by atoms with van der Waals surface area (Å²) in [5.74, 6) is 0.700. The number of aryl methyl sites for hydroxylation is 2. The average molecular weight is 575 g/mol. The van der Waals surface area contributed by atoms with Gasteiger partial charge >= 0.3 is 0 Å². The number of amides is 2. The number of benzene rings is 2. The van der Waals surface area contributed by atoms with E-state index in [9.17, 15) is 9.59 Å². The predicted molar refractivity (Wildman–Crippen MR) is 172 cm³/mol. The van der Waals surface area contributed by atoms with Crippen LogP contribution < -0.4 is 5.32 Å². The summed E-state index contributed by atoms with van der Waals surface area (Å²) in [6.45, 7) is 6.76. The standard InChI is InChI=1S/C36H38N4O3/c1-24-21-26(3)34-29(22-24)30(23-32(39-34)31-12-7-8-18-37-31)35(41)38-28-16-14-27(15-17-28)36(42)40(4)19-10-13-33-25(2)11-6-5-9-20-43-33/h7-9,12,14-18,20-23H,5-6,10-11,13,19H2,1-4H3,(H,38,41)/b20-9+,33-25-. The van der Waals surface area contributed by atoms with E-state index in [1.54, 1.807) is 47.7 Å². The zero-order valence-corrected chi connectivity index (χ0v) is 25.3. The van der Waals surface area contributed by atoms with Crippen LogP contribution in [0.15, 0.2) is 90.5 Å². The molecule has 0 spiro atoms. The Morgan fingerprint density at radius 2 is 1.81 bits per heavy atom. The molecule has 2 amide bonds. The van der Waals surface area contributed by atoms with Gasteiger partial charge in [-0.2, -0.15) is 0 Å². The molecule has 0 fully saturated rings. The molecule has 4 aromatic rings. The first-order chi connectivity index (χ1) is 20.8. The van der Waals surface area contributed by atoms with Gasteiger partial charge in [-0.05, 0) is 112 Å². The van der Waals surface area contributed by atoms with Gasteiger partial charge in [0.15, 0.2) is 0 Å². The van der Waals surface area contributed by atoms with E-state index < -0.39 is 0 Å². The van der Waals surface area contributed by atoms with Crippen molar-refractivity contribution in [2.75, 3.05) is 18.9 Å². The zero-order valence-electron chi connectivity index (χ0n) is 25.3. The Kier molecular flexibility index (Phi) is 9.30. The molecule has 0 radical (unpaired) electrons. The molecular formula is C36H38N4O3. The number of allylic oxidation sites excluding steroid dienone is 3. The van der Waals surface area contributed by atoms with E-state index in [-0.39, 0.29) is 11.8 Å². The van der Waals surface area contributed by atoms with Gasteiger partial charge in [0.2, 0.25) is 0 Å². The largest absolute Gasteiger partial charge is 0.470 e. The molecule has 2 aromatic carbocycles. The molecule has 1 N–H and O–H groups in total. The van der Waals surface area contributed by atoms with Crippen LogP contribution in [0.4, 0.5) is 5.69 Å². The van der Waals surface area contributed by atoms with Gasteiger partial charge < -0.3 is 15.0 Å². The van der Waals surface area contributed by atoms with Crippen molar-refractivity contribution < 1.29 is 14.3 Å². The lowest BCUT2D eigenvalue weighted by Crippen LogP contribution is -2.27. The number of hydrogen-bond donors (Lipinski definition) is 1. The van der Waals surface area contributed by atoms with E-state index >= 15 is 0 Å². The fourth-order valence-corrected chi connectivity index (χ4v) is 5.40. The third-order valence-electron chi connectivity index (χ3n) is 7.76. The highest BCUT2D eigenvalue weighted by atomic mass is 16.5. The van der Waals surface area contributed by atoms with Crippen LogP contribution in [0, 0.1) is 13.8 Å². The van der Waals surface area contributed by atoms with Gasteiger partial charge in [-0.3, -0.25) is 14.6 Å². The Bertz CT molecular complexity index is 1690. The van der Waals surface area contributed by atoms with Crippen LogP contribution >= 0.6 is 0 Å². The van der Waals surface area contributed by atoms with E-state index in [2.05, 4.69) is 29.4 Å². The predicted octanol–water partition coefficient (Wildman–Crippen LogP) is 8.01. The fourth-order valence-electron chi connectivity index (χ4n) is 5.40. The molecule has 7 nitrogen and oxygen atoms in total. The van der Waals surface area contributed by atoms with E-state index in [0.29, 0.717) is 34.7 Å². The second-order valence-electron chi connectivity index (χ2n) is 11.2. The maximum atomic E-state index is 13.6. The number of hydrogen-bond acceptors (Lipinski definition) is 5. The van der Waals surface area contributed by atoms with Crippen LogP contribution in [-0.2, 0) is 4.74 Å². The van der Waals surface area contributed by atoms with Crippen molar-refractivity contribution in [3.63, 3.8) is 0 Å². The molecule has 0 saturated carbocycles. The molecule has 3 heterocycles. The summed E-state index contributed by atoms with van der Waals surface area (Å²) >= 11 is 0. The molecule has 0 unspecified atom stereocenters. The second kappa shape index (κ2) is 13.5. The van der Waals surface area contributed by atoms with Crippen LogP contribution in [0.3, 0.4) is 0 Å². The molecule has 0 bridgehead atoms. The Hall–Kier alpha value is -4.78. The normalized spacial score (nSPS) is 15.7. The maximum absolute atomic E-state index is 13.6. The number of pyridine rings is 2. The van der Waals surface area contributed by atoms with Crippen molar-refractivity contribution in [2.45, 2.75) is 52.9 Å². The van der Waals surface area contributed by atoms with Crippen molar-refractivity contribution in [2.24, 2.45) is 0 Å². The monoisotopic (exact) mass is 574 g/mol. The highest BCUT2D eigenvalue weighted by Crippen LogP contribution is 2.28. The van der Waals surface area contributed by atoms with Crippen LogP contribution in [0.5, 0.6) is 0 Å². The number of nitrogens with one attached hydrogen (secondary N) is 1. The number of anilines is 1. The molecule has 1 aliphatic heterocycles. The number of rotatable bonds is 8. The topological polar surface area (TPSA) is 84.4 Å². The lowest BCUT2D eigenvalue weighted by atomic mass is 10.00. The van der Waals surface area contributed by atoms with Gasteiger partial charge in [-0.15, -0.1) is 0 Å². The third kappa shape index (κ3) is 7.17. The van der Waals surface area contributed by atoms with Crippen molar-refractivity contribution in [3.05, 3.63) is 113 Å². The number of ether oxygens (including phenoxy) is 1. The summed E-state index contributed by atoms with van der Waals surface area (Å²) in [6.07, 6.45) is 10.4. The molecular weight excluding hydrogens is 536 g/mol. The van der Waals surface area contributed by atoms with Gasteiger partial charge in [-0.1, -0.05) is 17.7 Å². The summed E-state index contributed by atoms with van der Waals surface area (Å²) in [5.41, 5.74) is 7.14. The molecule has 7 heteroatoms. The number of nitrogens with zero attached hydrogens (tertiary/aromatic N) is 3. The summed E-state index contributed by atoms with van der Waals surface area (Å²) < 4.78 is 5.82. The minimum atomic E-state index is -0.248. The first-order valence-corrected chi connectivity index (χ1v) is 14.8. The fraction of sp³-hybridized carbons (Fsp3) is 0.278. The van der Waals surface area contributed by atoms with Crippen molar-refractivity contribution in [1.82, 2.24) is 14.9 Å². The van der Waals surface area contributed by atoms with Gasteiger partial charge in [0.25, 0.3) is 11.8 Å². The van der Waals surface area contributed by atoms with Crippen LogP contribution in [0.25, 0.3) is 22.3 Å². The van der Waals surface area contributed by atoms with Gasteiger partial charge in [0.1, 0.15) is 5.76 Å². The average Bonchev–Trinajstić information content (AvgIpc) is 3.00. The maximum Gasteiger partial charge on any atom is 0.256 e. The molecule has 5 rings (SSSR count). The summed E-state index contributed by atoms with van der Waals surface area (Å²) in [5, 5.41) is 3.80. The Balaban J connectivity index is 1.28. The van der Waals surface area contributed by atoms with E-state index in [1.165, 1.54) is 5.57 Å². The quantitative estimate of drug-likeness (QED) is 0.230. The molecule has 0 aliphatic carbocycles. The van der Waals surface area contributed by atoms with Crippen LogP contribution in [0.2, 0.25) is 0 Å². The summed E-state index contributed by atoms with van der Waals surface area (Å²) in [4.78, 5) is 37.7. The number of carbonyl (C=O) groups excluding carboxylic acids is 2. The molecule has 2 aromatic heterocycles. The van der Waals surface area contributed by atoms with E-state index in [1.807, 2.05) is 45.2 Å². The van der Waals surface area contributed by atoms with Crippen LogP contribution in [0.1, 0.15) is 70.9 Å². The number of aromatic nitrogens is 2. The summed E-state index contributed by atoms with van der Waals surface area (Å²) in [7, 11) is 1.82. The Morgan fingerprint density at radius 3 is 2.58 bits per heavy atom. The first kappa shape index (κ1) is 29.7. The Morgan fingerprint density at radius 1 is 1.00 bits per heavy atom. The second-order valence-corrected chi connectivity index (χ2v) is 11.2. The van der Waals surface area contributed by atoms with E-state index in [0.717, 1.165) is 59.9 Å². The minimum absolute atomic E-state index is 0.0619. The first-order valence-electron chi connectivity index (χ1n) is 14.8. The van der Waals surface area contributed by atoms with E-state index in [4.69, 9.17) is 9.72 Å². The smallest absolute Gasteiger partial charge is 0.256 e. The summed E-state index contributed by atoms with van der Waals surface area (Å²) in [6, 6.07) is 18.5. The Labute approximate surface area is 253 Å². The molecule has 0 saturated heterocycles. The molecule has 0 atom stereocenters. The number of carbonyl (C=O) groups is 2. The highest BCUT2D eigenvalue weighted by molar-refractivity contribution is 6.13.